The van der Waals surface area contributed by atoms with Crippen molar-refractivity contribution in [2.24, 2.45) is 0 Å². The molecule has 2 fully saturated rings. The number of carbonyl (C=O) groups is 2. The van der Waals surface area contributed by atoms with Crippen molar-refractivity contribution < 1.29 is 23.5 Å². The molecule has 35 heavy (non-hydrogen) atoms. The van der Waals surface area contributed by atoms with Crippen molar-refractivity contribution in [2.75, 3.05) is 29.9 Å². The van der Waals surface area contributed by atoms with Crippen molar-refractivity contribution in [3.63, 3.8) is 0 Å². The Labute approximate surface area is 199 Å². The lowest BCUT2D eigenvalue weighted by Crippen LogP contribution is -2.50. The van der Waals surface area contributed by atoms with Crippen molar-refractivity contribution in [1.82, 2.24) is 24.8 Å². The molecular formula is C23H25F2N7O3. The molecule has 2 aromatic heterocycles. The third kappa shape index (κ3) is 4.68. The Hall–Kier alpha value is -3.96. The Balaban J connectivity index is 1.37. The standard InChI is InChI=1S/C23H25F2N7O3/c24-14-5-6-17(25)16(11-14)18-4-2-10-31(18)20-8-7-19-26-12-21(32(19)29-20)28-22(33)30-9-1-3-15(13-30)27-23(34)35/h5-8,11-12,15,18,27H,1-4,9-10,13H2,(H,28,33)(H,34,35)/t15?,18-/m1/s1. The van der Waals surface area contributed by atoms with Gasteiger partial charge in [-0.3, -0.25) is 5.32 Å². The molecule has 2 atom stereocenters. The molecule has 12 heteroatoms. The Morgan fingerprint density at radius 3 is 2.74 bits per heavy atom. The zero-order valence-corrected chi connectivity index (χ0v) is 18.8. The van der Waals surface area contributed by atoms with E-state index in [2.05, 4.69) is 20.7 Å². The van der Waals surface area contributed by atoms with E-state index in [0.29, 0.717) is 49.6 Å². The maximum absolute atomic E-state index is 14.5. The van der Waals surface area contributed by atoms with E-state index in [1.807, 2.05) is 4.90 Å². The van der Waals surface area contributed by atoms with E-state index in [1.165, 1.54) is 16.8 Å². The Morgan fingerprint density at radius 1 is 1.09 bits per heavy atom. The summed E-state index contributed by atoms with van der Waals surface area (Å²) in [6.07, 6.45) is 3.19. The maximum atomic E-state index is 14.5. The number of nitrogens with one attached hydrogen (secondary N) is 2. The molecular weight excluding hydrogens is 460 g/mol. The van der Waals surface area contributed by atoms with Gasteiger partial charge in [0.25, 0.3) is 0 Å². The molecule has 0 bridgehead atoms. The summed E-state index contributed by atoms with van der Waals surface area (Å²) >= 11 is 0. The molecule has 10 nitrogen and oxygen atoms in total. The van der Waals surface area contributed by atoms with Crippen LogP contribution in [0.3, 0.4) is 0 Å². The van der Waals surface area contributed by atoms with Crippen LogP contribution >= 0.6 is 0 Å². The molecule has 3 aromatic rings. The molecule has 2 aliphatic heterocycles. The number of halogens is 2. The molecule has 0 spiro atoms. The molecule has 0 radical (unpaired) electrons. The predicted octanol–water partition coefficient (Wildman–Crippen LogP) is 3.61. The molecule has 184 valence electrons. The van der Waals surface area contributed by atoms with Crippen molar-refractivity contribution in [2.45, 2.75) is 37.8 Å². The van der Waals surface area contributed by atoms with Gasteiger partial charge in [-0.05, 0) is 56.0 Å². The van der Waals surface area contributed by atoms with Crippen LogP contribution in [0.2, 0.25) is 0 Å². The first kappa shape index (κ1) is 22.8. The second-order valence-corrected chi connectivity index (χ2v) is 8.79. The molecule has 1 unspecified atom stereocenters. The lowest BCUT2D eigenvalue weighted by molar-refractivity contribution is 0.166. The number of likely N-dealkylation sites (tertiary alicyclic amines) is 1. The average Bonchev–Trinajstić information content (AvgIpc) is 3.47. The monoisotopic (exact) mass is 485 g/mol. The van der Waals surface area contributed by atoms with E-state index < -0.39 is 17.7 Å². The SMILES string of the molecule is O=C(O)NC1CCCN(C(=O)Nc2cnc3ccc(N4CCC[C@@H]4c4cc(F)ccc4F)nn23)C1. The van der Waals surface area contributed by atoms with Gasteiger partial charge in [0.1, 0.15) is 17.5 Å². The smallest absolute Gasteiger partial charge is 0.404 e. The van der Waals surface area contributed by atoms with Crippen molar-refractivity contribution in [1.29, 1.82) is 0 Å². The van der Waals surface area contributed by atoms with E-state index in [4.69, 9.17) is 5.11 Å². The van der Waals surface area contributed by atoms with Gasteiger partial charge in [0.05, 0.1) is 12.2 Å². The molecule has 0 saturated carbocycles. The minimum Gasteiger partial charge on any atom is -0.465 e. The van der Waals surface area contributed by atoms with Gasteiger partial charge >= 0.3 is 12.1 Å². The minimum atomic E-state index is -1.12. The van der Waals surface area contributed by atoms with Crippen molar-refractivity contribution in [3.8, 4) is 0 Å². The Bertz CT molecular complexity index is 1270. The van der Waals surface area contributed by atoms with Crippen LogP contribution in [0.5, 0.6) is 0 Å². The summed E-state index contributed by atoms with van der Waals surface area (Å²) in [4.78, 5) is 31.6. The fourth-order valence-corrected chi connectivity index (χ4v) is 4.88. The highest BCUT2D eigenvalue weighted by atomic mass is 19.1. The number of anilines is 2. The lowest BCUT2D eigenvalue weighted by atomic mass is 10.0. The number of carbonyl (C=O) groups excluding carboxylic acids is 1. The van der Waals surface area contributed by atoms with Crippen LogP contribution in [0.15, 0.2) is 36.5 Å². The second kappa shape index (κ2) is 9.35. The number of amides is 3. The number of hydrogen-bond donors (Lipinski definition) is 3. The number of aromatic nitrogens is 3. The zero-order chi connectivity index (χ0) is 24.5. The van der Waals surface area contributed by atoms with Crippen LogP contribution < -0.4 is 15.5 Å². The van der Waals surface area contributed by atoms with Crippen LogP contribution in [-0.4, -0.2) is 62.4 Å². The Morgan fingerprint density at radius 2 is 1.91 bits per heavy atom. The highest BCUT2D eigenvalue weighted by Crippen LogP contribution is 2.36. The van der Waals surface area contributed by atoms with Gasteiger partial charge in [-0.15, -0.1) is 5.10 Å². The summed E-state index contributed by atoms with van der Waals surface area (Å²) in [7, 11) is 0. The largest absolute Gasteiger partial charge is 0.465 e. The number of hydrogen-bond acceptors (Lipinski definition) is 5. The first-order chi connectivity index (χ1) is 16.9. The van der Waals surface area contributed by atoms with Crippen LogP contribution in [0.4, 0.5) is 30.0 Å². The highest BCUT2D eigenvalue weighted by molar-refractivity contribution is 5.89. The fraction of sp³-hybridized carbons (Fsp3) is 0.391. The van der Waals surface area contributed by atoms with Crippen LogP contribution in [0.1, 0.15) is 37.3 Å². The normalized spacial score (nSPS) is 20.3. The number of nitrogens with zero attached hydrogens (tertiary/aromatic N) is 5. The number of urea groups is 1. The van der Waals surface area contributed by atoms with E-state index in [9.17, 15) is 18.4 Å². The second-order valence-electron chi connectivity index (χ2n) is 8.79. The summed E-state index contributed by atoms with van der Waals surface area (Å²) < 4.78 is 29.8. The third-order valence-corrected chi connectivity index (χ3v) is 6.48. The van der Waals surface area contributed by atoms with E-state index in [-0.39, 0.29) is 30.2 Å². The molecule has 0 aliphatic carbocycles. The topological polar surface area (TPSA) is 115 Å². The van der Waals surface area contributed by atoms with Crippen molar-refractivity contribution >= 4 is 29.4 Å². The van der Waals surface area contributed by atoms with Gasteiger partial charge in [0, 0.05) is 31.2 Å². The zero-order valence-electron chi connectivity index (χ0n) is 18.8. The number of imidazole rings is 1. The van der Waals surface area contributed by atoms with Gasteiger partial charge in [-0.25, -0.2) is 23.4 Å². The van der Waals surface area contributed by atoms with Gasteiger partial charge < -0.3 is 20.2 Å². The van der Waals surface area contributed by atoms with Crippen LogP contribution in [-0.2, 0) is 0 Å². The fourth-order valence-electron chi connectivity index (χ4n) is 4.88. The van der Waals surface area contributed by atoms with Gasteiger partial charge in [0.2, 0.25) is 0 Å². The first-order valence-corrected chi connectivity index (χ1v) is 11.5. The summed E-state index contributed by atoms with van der Waals surface area (Å²) in [5.74, 6) is -0.0410. The van der Waals surface area contributed by atoms with E-state index in [1.54, 1.807) is 17.0 Å². The maximum Gasteiger partial charge on any atom is 0.404 e. The number of fused-ring (bicyclic) bond motifs is 1. The predicted molar refractivity (Wildman–Crippen MR) is 123 cm³/mol. The van der Waals surface area contributed by atoms with Crippen molar-refractivity contribution in [3.05, 3.63) is 53.7 Å². The summed E-state index contributed by atoms with van der Waals surface area (Å²) in [5, 5.41) is 18.8. The molecule has 3 N–H and O–H groups in total. The third-order valence-electron chi connectivity index (χ3n) is 6.48. The molecule has 2 saturated heterocycles. The van der Waals surface area contributed by atoms with Crippen LogP contribution in [0, 0.1) is 11.6 Å². The lowest BCUT2D eigenvalue weighted by Gasteiger charge is -2.32. The summed E-state index contributed by atoms with van der Waals surface area (Å²) in [6, 6.07) is 5.93. The first-order valence-electron chi connectivity index (χ1n) is 11.5. The van der Waals surface area contributed by atoms with Gasteiger partial charge in [-0.1, -0.05) is 0 Å². The number of carboxylic acid groups (broad SMARTS) is 1. The molecule has 5 rings (SSSR count). The molecule has 4 heterocycles. The Kier molecular flexibility index (Phi) is 6.10. The molecule has 3 amide bonds. The van der Waals surface area contributed by atoms with E-state index in [0.717, 1.165) is 18.6 Å². The average molecular weight is 485 g/mol. The molecule has 1 aromatic carbocycles. The summed E-state index contributed by atoms with van der Waals surface area (Å²) in [5.41, 5.74) is 0.805. The number of benzene rings is 1. The highest BCUT2D eigenvalue weighted by Gasteiger charge is 2.30. The summed E-state index contributed by atoms with van der Waals surface area (Å²) in [6.45, 7) is 1.40. The number of piperidine rings is 1. The number of rotatable bonds is 4. The van der Waals surface area contributed by atoms with Gasteiger partial charge in [0.15, 0.2) is 11.5 Å². The van der Waals surface area contributed by atoms with E-state index >= 15 is 0 Å². The quantitative estimate of drug-likeness (QED) is 0.520. The van der Waals surface area contributed by atoms with Crippen LogP contribution in [0.25, 0.3) is 5.65 Å². The minimum absolute atomic E-state index is 0.266. The molecule has 2 aliphatic rings. The van der Waals surface area contributed by atoms with Gasteiger partial charge in [-0.2, -0.15) is 4.52 Å².